The van der Waals surface area contributed by atoms with Crippen molar-refractivity contribution in [2.75, 3.05) is 0 Å². The van der Waals surface area contributed by atoms with Gasteiger partial charge in [-0.05, 0) is 32.4 Å². The van der Waals surface area contributed by atoms with E-state index in [1.807, 2.05) is 13.0 Å². The lowest BCUT2D eigenvalue weighted by molar-refractivity contribution is -0.122. The van der Waals surface area contributed by atoms with Gasteiger partial charge in [0.1, 0.15) is 11.4 Å². The van der Waals surface area contributed by atoms with Crippen molar-refractivity contribution in [1.29, 1.82) is 0 Å². The number of nitrogens with zero attached hydrogens (tertiary/aromatic N) is 2. The van der Waals surface area contributed by atoms with Crippen LogP contribution in [0.25, 0.3) is 0 Å². The summed E-state index contributed by atoms with van der Waals surface area (Å²) >= 11 is 0. The largest absolute Gasteiger partial charge is 0.308 e. The Morgan fingerprint density at radius 1 is 1.40 bits per heavy atom. The summed E-state index contributed by atoms with van der Waals surface area (Å²) < 4.78 is 0. The summed E-state index contributed by atoms with van der Waals surface area (Å²) in [6.07, 6.45) is 3.46. The second kappa shape index (κ2) is 3.15. The minimum atomic E-state index is -0.662. The number of amidine groups is 1. The molecule has 4 heteroatoms. The van der Waals surface area contributed by atoms with Crippen LogP contribution in [0.1, 0.15) is 25.0 Å². The van der Waals surface area contributed by atoms with Gasteiger partial charge in [-0.15, -0.1) is 0 Å². The Hall–Kier alpha value is -1.71. The van der Waals surface area contributed by atoms with Crippen LogP contribution >= 0.6 is 0 Å². The molecule has 0 saturated heterocycles. The molecule has 1 N–H and O–H groups in total. The number of carbonyl (C=O) groups excluding carboxylic acids is 1. The van der Waals surface area contributed by atoms with E-state index in [1.54, 1.807) is 26.2 Å². The van der Waals surface area contributed by atoms with Gasteiger partial charge >= 0.3 is 0 Å². The maximum Gasteiger partial charge on any atom is 0.252 e. The lowest BCUT2D eigenvalue weighted by Gasteiger charge is -2.07. The first-order valence-corrected chi connectivity index (χ1v) is 4.83. The van der Waals surface area contributed by atoms with E-state index in [0.29, 0.717) is 5.84 Å². The molecule has 1 aliphatic rings. The van der Waals surface area contributed by atoms with Crippen LogP contribution in [0.4, 0.5) is 0 Å². The van der Waals surface area contributed by atoms with E-state index < -0.39 is 5.54 Å². The van der Waals surface area contributed by atoms with Crippen LogP contribution in [-0.4, -0.2) is 22.3 Å². The average molecular weight is 203 g/mol. The molecule has 1 amide bonds. The van der Waals surface area contributed by atoms with Gasteiger partial charge < -0.3 is 5.32 Å². The summed E-state index contributed by atoms with van der Waals surface area (Å²) in [5.41, 5.74) is 1.28. The Labute approximate surface area is 88.4 Å². The molecule has 1 aliphatic heterocycles. The summed E-state index contributed by atoms with van der Waals surface area (Å²) in [4.78, 5) is 19.9. The van der Waals surface area contributed by atoms with Crippen LogP contribution < -0.4 is 5.32 Å². The van der Waals surface area contributed by atoms with Crippen molar-refractivity contribution in [2.24, 2.45) is 4.99 Å². The summed E-state index contributed by atoms with van der Waals surface area (Å²) in [5.74, 6) is 0.582. The molecule has 0 unspecified atom stereocenters. The highest BCUT2D eigenvalue weighted by molar-refractivity contribution is 6.15. The fourth-order valence-electron chi connectivity index (χ4n) is 1.49. The number of hydrogen-bond acceptors (Lipinski definition) is 3. The molecular formula is C11H13N3O. The number of hydrogen-bond donors (Lipinski definition) is 1. The first kappa shape index (κ1) is 9.83. The van der Waals surface area contributed by atoms with Gasteiger partial charge in [-0.25, -0.2) is 0 Å². The SMILES string of the molecule is Cc1cnccc1C1=NC(C)(C)C(=O)N1. The van der Waals surface area contributed by atoms with Crippen molar-refractivity contribution in [3.05, 3.63) is 29.6 Å². The van der Waals surface area contributed by atoms with Gasteiger partial charge in [0.2, 0.25) is 0 Å². The van der Waals surface area contributed by atoms with Gasteiger partial charge in [0.25, 0.3) is 5.91 Å². The molecule has 0 bridgehead atoms. The minimum Gasteiger partial charge on any atom is -0.308 e. The average Bonchev–Trinajstić information content (AvgIpc) is 2.42. The standard InChI is InChI=1S/C11H13N3O/c1-7-6-12-5-4-8(7)9-13-10(15)11(2,3)14-9/h4-6H,1-3H3,(H,13,14,15). The molecule has 2 heterocycles. The molecule has 4 nitrogen and oxygen atoms in total. The smallest absolute Gasteiger partial charge is 0.252 e. The Bertz CT molecular complexity index is 449. The highest BCUT2D eigenvalue weighted by Gasteiger charge is 2.34. The van der Waals surface area contributed by atoms with E-state index in [-0.39, 0.29) is 5.91 Å². The van der Waals surface area contributed by atoms with E-state index in [1.165, 1.54) is 0 Å². The quantitative estimate of drug-likeness (QED) is 0.741. The second-order valence-corrected chi connectivity index (χ2v) is 4.16. The number of aliphatic imine (C=N–C) groups is 1. The van der Waals surface area contributed by atoms with Crippen molar-refractivity contribution in [3.8, 4) is 0 Å². The number of carbonyl (C=O) groups is 1. The zero-order valence-corrected chi connectivity index (χ0v) is 9.03. The number of rotatable bonds is 1. The molecule has 0 aromatic carbocycles. The maximum atomic E-state index is 11.5. The van der Waals surface area contributed by atoms with Crippen molar-refractivity contribution in [2.45, 2.75) is 26.3 Å². The zero-order chi connectivity index (χ0) is 11.1. The van der Waals surface area contributed by atoms with Gasteiger partial charge in [-0.2, -0.15) is 0 Å². The van der Waals surface area contributed by atoms with Crippen LogP contribution in [0.2, 0.25) is 0 Å². The highest BCUT2D eigenvalue weighted by Crippen LogP contribution is 2.18. The molecule has 1 aromatic rings. The van der Waals surface area contributed by atoms with Crippen LogP contribution in [-0.2, 0) is 4.79 Å². The molecule has 0 saturated carbocycles. The van der Waals surface area contributed by atoms with Crippen LogP contribution in [0.3, 0.4) is 0 Å². The first-order valence-electron chi connectivity index (χ1n) is 4.83. The lowest BCUT2D eigenvalue weighted by Crippen LogP contribution is -2.34. The molecule has 0 radical (unpaired) electrons. The first-order chi connectivity index (χ1) is 7.00. The molecule has 0 atom stereocenters. The number of nitrogens with one attached hydrogen (secondary N) is 1. The van der Waals surface area contributed by atoms with Crippen LogP contribution in [0.5, 0.6) is 0 Å². The van der Waals surface area contributed by atoms with E-state index in [0.717, 1.165) is 11.1 Å². The monoisotopic (exact) mass is 203 g/mol. The van der Waals surface area contributed by atoms with Crippen molar-refractivity contribution < 1.29 is 4.79 Å². The fourth-order valence-corrected chi connectivity index (χ4v) is 1.49. The Morgan fingerprint density at radius 2 is 2.13 bits per heavy atom. The second-order valence-electron chi connectivity index (χ2n) is 4.16. The topological polar surface area (TPSA) is 54.4 Å². The third kappa shape index (κ3) is 1.63. The summed E-state index contributed by atoms with van der Waals surface area (Å²) in [7, 11) is 0. The van der Waals surface area contributed by atoms with Crippen LogP contribution in [0.15, 0.2) is 23.5 Å². The van der Waals surface area contributed by atoms with Crippen molar-refractivity contribution >= 4 is 11.7 Å². The van der Waals surface area contributed by atoms with E-state index in [4.69, 9.17) is 0 Å². The Balaban J connectivity index is 2.44. The summed E-state index contributed by atoms with van der Waals surface area (Å²) in [5, 5.41) is 2.78. The number of pyridine rings is 1. The Kier molecular flexibility index (Phi) is 2.07. The molecule has 1 aromatic heterocycles. The third-order valence-corrected chi connectivity index (χ3v) is 2.45. The summed E-state index contributed by atoms with van der Waals surface area (Å²) in [6.45, 7) is 5.54. The molecule has 2 rings (SSSR count). The van der Waals surface area contributed by atoms with Gasteiger partial charge in [-0.1, -0.05) is 0 Å². The maximum absolute atomic E-state index is 11.5. The van der Waals surface area contributed by atoms with E-state index in [2.05, 4.69) is 15.3 Å². The predicted molar refractivity (Wildman–Crippen MR) is 57.7 cm³/mol. The Morgan fingerprint density at radius 3 is 2.67 bits per heavy atom. The van der Waals surface area contributed by atoms with Gasteiger partial charge in [0.15, 0.2) is 0 Å². The molecule has 0 fully saturated rings. The minimum absolute atomic E-state index is 0.0614. The molecule has 78 valence electrons. The molecule has 15 heavy (non-hydrogen) atoms. The lowest BCUT2D eigenvalue weighted by atomic mass is 10.1. The predicted octanol–water partition coefficient (Wildman–Crippen LogP) is 1.05. The molecular weight excluding hydrogens is 190 g/mol. The normalized spacial score (nSPS) is 18.6. The van der Waals surface area contributed by atoms with Crippen molar-refractivity contribution in [3.63, 3.8) is 0 Å². The zero-order valence-electron chi connectivity index (χ0n) is 9.03. The van der Waals surface area contributed by atoms with E-state index >= 15 is 0 Å². The van der Waals surface area contributed by atoms with Gasteiger partial charge in [0.05, 0.1) is 0 Å². The van der Waals surface area contributed by atoms with Gasteiger partial charge in [-0.3, -0.25) is 14.8 Å². The van der Waals surface area contributed by atoms with E-state index in [9.17, 15) is 4.79 Å². The number of aromatic nitrogens is 1. The number of amides is 1. The molecule has 0 spiro atoms. The summed E-state index contributed by atoms with van der Waals surface area (Å²) in [6, 6.07) is 1.86. The third-order valence-electron chi connectivity index (χ3n) is 2.45. The number of aryl methyl sites for hydroxylation is 1. The fraction of sp³-hybridized carbons (Fsp3) is 0.364. The van der Waals surface area contributed by atoms with Crippen molar-refractivity contribution in [1.82, 2.24) is 10.3 Å². The molecule has 0 aliphatic carbocycles. The van der Waals surface area contributed by atoms with Gasteiger partial charge in [0, 0.05) is 18.0 Å². The highest BCUT2D eigenvalue weighted by atomic mass is 16.2. The van der Waals surface area contributed by atoms with Crippen LogP contribution in [0, 0.1) is 6.92 Å².